The minimum atomic E-state index is -4.27. The minimum absolute atomic E-state index is 0.0159. The number of halogens is 2. The minimum Gasteiger partial charge on any atom is -0.394 e. The van der Waals surface area contributed by atoms with Crippen molar-refractivity contribution in [2.45, 2.75) is 18.4 Å². The van der Waals surface area contributed by atoms with Crippen molar-refractivity contribution in [3.8, 4) is 0 Å². The van der Waals surface area contributed by atoms with Crippen LogP contribution in [0.25, 0.3) is 0 Å². The van der Waals surface area contributed by atoms with Crippen molar-refractivity contribution in [3.63, 3.8) is 0 Å². The second-order valence-electron chi connectivity index (χ2n) is 4.35. The van der Waals surface area contributed by atoms with Gasteiger partial charge in [0.15, 0.2) is 0 Å². The zero-order valence-electron chi connectivity index (χ0n) is 11.0. The summed E-state index contributed by atoms with van der Waals surface area (Å²) in [5.41, 5.74) is 0.103. The summed E-state index contributed by atoms with van der Waals surface area (Å²) in [5, 5.41) is 12.5. The van der Waals surface area contributed by atoms with E-state index in [-0.39, 0.29) is 24.4 Å². The van der Waals surface area contributed by atoms with E-state index in [1.807, 2.05) is 0 Å². The second-order valence-corrected chi connectivity index (χ2v) is 6.00. The van der Waals surface area contributed by atoms with Crippen LogP contribution in [0.1, 0.15) is 5.56 Å². The van der Waals surface area contributed by atoms with Gasteiger partial charge in [0.25, 0.3) is 10.0 Å². The van der Waals surface area contributed by atoms with Crippen molar-refractivity contribution in [2.75, 3.05) is 11.3 Å². The molecule has 2 aromatic rings. The molecule has 0 atom stereocenters. The first kappa shape index (κ1) is 15.4. The molecular formula is C12H13F2N3O3S. The fourth-order valence-electron chi connectivity index (χ4n) is 1.69. The number of aromatic nitrogens is 2. The van der Waals surface area contributed by atoms with Crippen LogP contribution < -0.4 is 4.72 Å². The molecule has 1 heterocycles. The molecule has 0 saturated heterocycles. The summed E-state index contributed by atoms with van der Waals surface area (Å²) in [6.45, 7) is 1.36. The molecule has 21 heavy (non-hydrogen) atoms. The van der Waals surface area contributed by atoms with Gasteiger partial charge < -0.3 is 5.11 Å². The quantitative estimate of drug-likeness (QED) is 0.869. The number of sulfonamides is 1. The molecule has 0 aliphatic rings. The first-order valence-corrected chi connectivity index (χ1v) is 7.43. The van der Waals surface area contributed by atoms with Gasteiger partial charge in [-0.2, -0.15) is 5.10 Å². The average molecular weight is 317 g/mol. The van der Waals surface area contributed by atoms with Gasteiger partial charge in [-0.1, -0.05) is 0 Å². The van der Waals surface area contributed by atoms with Crippen LogP contribution in [0.2, 0.25) is 0 Å². The summed E-state index contributed by atoms with van der Waals surface area (Å²) >= 11 is 0. The molecule has 0 aliphatic heterocycles. The number of hydrogen-bond acceptors (Lipinski definition) is 4. The maximum atomic E-state index is 13.7. The first-order valence-electron chi connectivity index (χ1n) is 5.95. The maximum absolute atomic E-state index is 13.7. The molecule has 0 saturated carbocycles. The van der Waals surface area contributed by atoms with E-state index >= 15 is 0 Å². The van der Waals surface area contributed by atoms with Crippen molar-refractivity contribution >= 4 is 15.7 Å². The number of anilines is 1. The van der Waals surface area contributed by atoms with Gasteiger partial charge in [-0.25, -0.2) is 17.2 Å². The third-order valence-corrected chi connectivity index (χ3v) is 4.11. The standard InChI is InChI=1S/C12H13F2N3O3S/c1-8-4-11(14)12(5-10(8)13)21(19,20)16-9-6-15-17(7-9)2-3-18/h4-7,16,18H,2-3H2,1H3. The summed E-state index contributed by atoms with van der Waals surface area (Å²) < 4.78 is 54.7. The van der Waals surface area contributed by atoms with Crippen LogP contribution in [0.4, 0.5) is 14.5 Å². The molecule has 0 bridgehead atoms. The Hall–Kier alpha value is -2.00. The highest BCUT2D eigenvalue weighted by Crippen LogP contribution is 2.21. The summed E-state index contributed by atoms with van der Waals surface area (Å²) in [6.07, 6.45) is 2.53. The smallest absolute Gasteiger partial charge is 0.265 e. The largest absolute Gasteiger partial charge is 0.394 e. The topological polar surface area (TPSA) is 84.2 Å². The average Bonchev–Trinajstić information content (AvgIpc) is 2.80. The van der Waals surface area contributed by atoms with Crippen molar-refractivity contribution in [1.29, 1.82) is 0 Å². The van der Waals surface area contributed by atoms with E-state index in [0.29, 0.717) is 6.07 Å². The van der Waals surface area contributed by atoms with Gasteiger partial charge in [0, 0.05) is 6.20 Å². The van der Waals surface area contributed by atoms with Gasteiger partial charge in [0.2, 0.25) is 0 Å². The van der Waals surface area contributed by atoms with Crippen LogP contribution >= 0.6 is 0 Å². The van der Waals surface area contributed by atoms with Gasteiger partial charge in [0.1, 0.15) is 16.5 Å². The molecule has 0 aliphatic carbocycles. The fourth-order valence-corrected chi connectivity index (χ4v) is 2.79. The monoisotopic (exact) mass is 317 g/mol. The predicted octanol–water partition coefficient (Wildman–Crippen LogP) is 1.26. The molecule has 1 aromatic carbocycles. The molecule has 2 N–H and O–H groups in total. The number of rotatable bonds is 5. The third-order valence-electron chi connectivity index (χ3n) is 2.72. The number of benzene rings is 1. The Labute approximate surface area is 120 Å². The molecule has 0 amide bonds. The van der Waals surface area contributed by atoms with E-state index in [1.165, 1.54) is 24.0 Å². The molecule has 2 rings (SSSR count). The van der Waals surface area contributed by atoms with Crippen LogP contribution in [0.15, 0.2) is 29.4 Å². The summed E-state index contributed by atoms with van der Waals surface area (Å²) in [5.74, 6) is -1.85. The van der Waals surface area contributed by atoms with Gasteiger partial charge in [-0.3, -0.25) is 9.40 Å². The summed E-state index contributed by atoms with van der Waals surface area (Å²) in [6, 6.07) is 1.45. The van der Waals surface area contributed by atoms with Crippen LogP contribution in [-0.2, 0) is 16.6 Å². The van der Waals surface area contributed by atoms with Gasteiger partial charge in [0.05, 0.1) is 25.0 Å². The Kier molecular flexibility index (Phi) is 4.24. The van der Waals surface area contributed by atoms with Crippen LogP contribution in [-0.4, -0.2) is 29.9 Å². The van der Waals surface area contributed by atoms with Crippen molar-refractivity contribution in [1.82, 2.24) is 9.78 Å². The van der Waals surface area contributed by atoms with Gasteiger partial charge in [-0.15, -0.1) is 0 Å². The number of nitrogens with one attached hydrogen (secondary N) is 1. The van der Waals surface area contributed by atoms with E-state index in [2.05, 4.69) is 9.82 Å². The summed E-state index contributed by atoms with van der Waals surface area (Å²) in [7, 11) is -4.27. The molecular weight excluding hydrogens is 304 g/mol. The Morgan fingerprint density at radius 2 is 2.05 bits per heavy atom. The maximum Gasteiger partial charge on any atom is 0.265 e. The molecule has 0 spiro atoms. The highest BCUT2D eigenvalue weighted by Gasteiger charge is 2.21. The van der Waals surface area contributed by atoms with Crippen LogP contribution in [0, 0.1) is 18.6 Å². The zero-order valence-corrected chi connectivity index (χ0v) is 11.9. The Balaban J connectivity index is 2.31. The lowest BCUT2D eigenvalue weighted by Crippen LogP contribution is -2.15. The first-order chi connectivity index (χ1) is 9.83. The van der Waals surface area contributed by atoms with Crippen molar-refractivity contribution in [3.05, 3.63) is 41.7 Å². The fraction of sp³-hybridized carbons (Fsp3) is 0.250. The number of aliphatic hydroxyl groups is 1. The van der Waals surface area contributed by atoms with Gasteiger partial charge >= 0.3 is 0 Å². The summed E-state index contributed by atoms with van der Waals surface area (Å²) in [4.78, 5) is -0.777. The highest BCUT2D eigenvalue weighted by molar-refractivity contribution is 7.92. The Morgan fingerprint density at radius 3 is 2.71 bits per heavy atom. The van der Waals surface area contributed by atoms with E-state index in [0.717, 1.165) is 6.07 Å². The van der Waals surface area contributed by atoms with E-state index < -0.39 is 26.6 Å². The number of hydrogen-bond donors (Lipinski definition) is 2. The number of nitrogens with zero attached hydrogens (tertiary/aromatic N) is 2. The van der Waals surface area contributed by atoms with Gasteiger partial charge in [-0.05, 0) is 24.6 Å². The molecule has 0 fully saturated rings. The lowest BCUT2D eigenvalue weighted by molar-refractivity contribution is 0.269. The third kappa shape index (κ3) is 3.37. The molecule has 114 valence electrons. The SMILES string of the molecule is Cc1cc(F)c(S(=O)(=O)Nc2cnn(CCO)c2)cc1F. The van der Waals surface area contributed by atoms with Crippen molar-refractivity contribution in [2.24, 2.45) is 0 Å². The number of aryl methyl sites for hydroxylation is 1. The highest BCUT2D eigenvalue weighted by atomic mass is 32.2. The second kappa shape index (κ2) is 5.78. The molecule has 9 heteroatoms. The molecule has 0 unspecified atom stereocenters. The Morgan fingerprint density at radius 1 is 1.33 bits per heavy atom. The molecule has 0 radical (unpaired) electrons. The lowest BCUT2D eigenvalue weighted by Gasteiger charge is -2.08. The molecule has 1 aromatic heterocycles. The lowest BCUT2D eigenvalue weighted by atomic mass is 10.2. The van der Waals surface area contributed by atoms with Crippen LogP contribution in [0.3, 0.4) is 0 Å². The molecule has 6 nitrogen and oxygen atoms in total. The van der Waals surface area contributed by atoms with E-state index in [4.69, 9.17) is 5.11 Å². The van der Waals surface area contributed by atoms with E-state index in [9.17, 15) is 17.2 Å². The van der Waals surface area contributed by atoms with E-state index in [1.54, 1.807) is 0 Å². The Bertz CT molecular complexity index is 759. The normalized spacial score (nSPS) is 11.6. The number of aliphatic hydroxyl groups excluding tert-OH is 1. The van der Waals surface area contributed by atoms with Crippen molar-refractivity contribution < 1.29 is 22.3 Å². The van der Waals surface area contributed by atoms with Crippen LogP contribution in [0.5, 0.6) is 0 Å². The predicted molar refractivity (Wildman–Crippen MR) is 71.2 cm³/mol. The zero-order chi connectivity index (χ0) is 15.6.